The lowest BCUT2D eigenvalue weighted by atomic mass is 10.1. The molecule has 5 nitrogen and oxygen atoms in total. The summed E-state index contributed by atoms with van der Waals surface area (Å²) in [5.41, 5.74) is -0.620. The second kappa shape index (κ2) is 8.79. The van der Waals surface area contributed by atoms with Crippen LogP contribution in [0, 0.1) is 0 Å². The van der Waals surface area contributed by atoms with Crippen molar-refractivity contribution in [2.75, 3.05) is 12.9 Å². The van der Waals surface area contributed by atoms with E-state index in [0.717, 1.165) is 30.0 Å². The number of rotatable bonds is 5. The maximum Gasteiger partial charge on any atom is 0.417 e. The fourth-order valence-corrected chi connectivity index (χ4v) is 3.35. The van der Waals surface area contributed by atoms with E-state index < -0.39 is 23.3 Å². The molecule has 1 heterocycles. The van der Waals surface area contributed by atoms with Gasteiger partial charge in [-0.05, 0) is 36.4 Å². The number of alkyl halides is 3. The van der Waals surface area contributed by atoms with Gasteiger partial charge in [0.1, 0.15) is 5.75 Å². The Morgan fingerprint density at radius 1 is 1.10 bits per heavy atom. The summed E-state index contributed by atoms with van der Waals surface area (Å²) in [4.78, 5) is 16.4. The smallest absolute Gasteiger partial charge is 0.417 e. The maximum absolute atomic E-state index is 13.4. The zero-order valence-electron chi connectivity index (χ0n) is 14.9. The van der Waals surface area contributed by atoms with Crippen LogP contribution in [0.2, 0.25) is 0 Å². The third kappa shape index (κ3) is 5.04. The van der Waals surface area contributed by atoms with Gasteiger partial charge in [0.2, 0.25) is 0 Å². The number of fused-ring (bicyclic) bond motifs is 1. The highest BCUT2D eigenvalue weighted by Crippen LogP contribution is 2.37. The second-order valence-corrected chi connectivity index (χ2v) is 6.80. The van der Waals surface area contributed by atoms with Crippen molar-refractivity contribution in [3.63, 3.8) is 0 Å². The fraction of sp³-hybridized carbons (Fsp3) is 0.158. The number of carbonyl (C=O) groups excluding carboxylic acids is 1. The van der Waals surface area contributed by atoms with Crippen molar-refractivity contribution in [1.82, 2.24) is 4.98 Å². The zero-order valence-corrected chi connectivity index (χ0v) is 16.5. The molecule has 1 aromatic heterocycles. The molecule has 3 rings (SSSR count). The molecule has 0 saturated carbocycles. The van der Waals surface area contributed by atoms with E-state index in [1.807, 2.05) is 0 Å². The number of carbonyl (C=O) groups is 1. The maximum atomic E-state index is 13.4. The number of phenolic OH excluding ortho intramolecular Hbond substituents is 2. The summed E-state index contributed by atoms with van der Waals surface area (Å²) in [6.45, 7) is 0. The van der Waals surface area contributed by atoms with Gasteiger partial charge in [0.15, 0.2) is 17.3 Å². The summed E-state index contributed by atoms with van der Waals surface area (Å²) in [6.07, 6.45) is -4.59. The molecule has 0 saturated heterocycles. The first-order valence-corrected chi connectivity index (χ1v) is 8.91. The third-order valence-corrected chi connectivity index (χ3v) is 4.86. The first-order chi connectivity index (χ1) is 13.2. The molecule has 10 heteroatoms. The van der Waals surface area contributed by atoms with E-state index in [4.69, 9.17) is 4.74 Å². The molecule has 2 aromatic carbocycles. The van der Waals surface area contributed by atoms with Gasteiger partial charge < -0.3 is 14.9 Å². The normalized spacial score (nSPS) is 11.2. The van der Waals surface area contributed by atoms with E-state index in [0.29, 0.717) is 5.75 Å². The molecule has 2 N–H and O–H groups in total. The van der Waals surface area contributed by atoms with Crippen LogP contribution >= 0.6 is 24.2 Å². The lowest BCUT2D eigenvalue weighted by Gasteiger charge is -2.13. The highest BCUT2D eigenvalue weighted by molar-refractivity contribution is 7.99. The van der Waals surface area contributed by atoms with Gasteiger partial charge in [-0.3, -0.25) is 4.79 Å². The Kier molecular flexibility index (Phi) is 6.86. The van der Waals surface area contributed by atoms with E-state index >= 15 is 0 Å². The summed E-state index contributed by atoms with van der Waals surface area (Å²) in [5, 5.41) is 18.7. The number of Topliss-reactive ketones (excluding diaryl/α,β-unsaturated/α-hetero) is 1. The summed E-state index contributed by atoms with van der Waals surface area (Å²) in [7, 11) is 1.40. The average Bonchev–Trinajstić information content (AvgIpc) is 2.66. The van der Waals surface area contributed by atoms with E-state index in [2.05, 4.69) is 4.98 Å². The van der Waals surface area contributed by atoms with E-state index in [1.54, 1.807) is 0 Å². The number of hydrogen-bond acceptors (Lipinski definition) is 6. The molecule has 0 unspecified atom stereocenters. The molecule has 29 heavy (non-hydrogen) atoms. The molecule has 0 radical (unpaired) electrons. The summed E-state index contributed by atoms with van der Waals surface area (Å²) in [6, 6.07) is 8.59. The molecule has 0 atom stereocenters. The number of pyridine rings is 1. The van der Waals surface area contributed by atoms with Crippen LogP contribution < -0.4 is 4.74 Å². The van der Waals surface area contributed by atoms with Crippen molar-refractivity contribution >= 4 is 40.9 Å². The number of thioether (sulfide) groups is 1. The van der Waals surface area contributed by atoms with Crippen molar-refractivity contribution in [3.05, 3.63) is 53.6 Å². The minimum atomic E-state index is -4.59. The fourth-order valence-electron chi connectivity index (χ4n) is 2.54. The van der Waals surface area contributed by atoms with Gasteiger partial charge in [0.05, 0.1) is 29.0 Å². The molecular weight excluding hydrogens is 431 g/mol. The highest BCUT2D eigenvalue weighted by atomic mass is 35.5. The van der Waals surface area contributed by atoms with Gasteiger partial charge >= 0.3 is 6.18 Å². The molecule has 0 bridgehead atoms. The van der Waals surface area contributed by atoms with Crippen LogP contribution in [-0.2, 0) is 6.18 Å². The van der Waals surface area contributed by atoms with Crippen molar-refractivity contribution in [2.45, 2.75) is 11.2 Å². The summed E-state index contributed by atoms with van der Waals surface area (Å²) >= 11 is 0.846. The first-order valence-electron chi connectivity index (χ1n) is 7.93. The van der Waals surface area contributed by atoms with Gasteiger partial charge in [-0.1, -0.05) is 11.8 Å². The van der Waals surface area contributed by atoms with Crippen LogP contribution in [0.25, 0.3) is 10.9 Å². The first kappa shape index (κ1) is 22.6. The lowest BCUT2D eigenvalue weighted by molar-refractivity contribution is -0.136. The molecule has 0 aliphatic heterocycles. The van der Waals surface area contributed by atoms with Crippen LogP contribution in [0.3, 0.4) is 0 Å². The van der Waals surface area contributed by atoms with Crippen LogP contribution in [0.5, 0.6) is 17.2 Å². The number of ketones is 1. The van der Waals surface area contributed by atoms with E-state index in [1.165, 1.54) is 31.4 Å². The number of ether oxygens (including phenoxy) is 1. The predicted molar refractivity (Wildman–Crippen MR) is 105 cm³/mol. The number of hydrogen-bond donors (Lipinski definition) is 2. The van der Waals surface area contributed by atoms with Gasteiger partial charge in [-0.25, -0.2) is 4.98 Å². The number of benzene rings is 2. The third-order valence-electron chi connectivity index (χ3n) is 3.95. The monoisotopic (exact) mass is 445 g/mol. The Balaban J connectivity index is 0.00000300. The Hall–Kier alpha value is -2.65. The number of phenols is 2. The molecule has 0 spiro atoms. The topological polar surface area (TPSA) is 79.7 Å². The molecule has 3 aromatic rings. The number of aromatic nitrogens is 1. The second-order valence-electron chi connectivity index (χ2n) is 5.80. The van der Waals surface area contributed by atoms with E-state index in [-0.39, 0.29) is 45.4 Å². The van der Waals surface area contributed by atoms with Gasteiger partial charge in [0, 0.05) is 17.0 Å². The Morgan fingerprint density at radius 2 is 1.83 bits per heavy atom. The quantitative estimate of drug-likeness (QED) is 0.324. The molecule has 0 aliphatic carbocycles. The van der Waals surface area contributed by atoms with E-state index in [9.17, 15) is 28.2 Å². The zero-order chi connectivity index (χ0) is 20.5. The van der Waals surface area contributed by atoms with Crippen LogP contribution in [0.15, 0.2) is 47.5 Å². The molecule has 154 valence electrons. The largest absolute Gasteiger partial charge is 0.504 e. The average molecular weight is 446 g/mol. The SMILES string of the molecule is COc1ccc2c(C(F)(F)F)cc(SCC(=O)c3ccc(O)c(O)c3)nc2c1.Cl. The van der Waals surface area contributed by atoms with Crippen LogP contribution in [0.4, 0.5) is 13.2 Å². The number of methoxy groups -OCH3 is 1. The Bertz CT molecular complexity index is 1060. The number of nitrogens with zero attached hydrogens (tertiary/aromatic N) is 1. The molecule has 0 aliphatic rings. The summed E-state index contributed by atoms with van der Waals surface area (Å²) in [5.74, 6) is -1.08. The molecule has 0 fully saturated rings. The molecular formula is C19H15ClF3NO4S. The summed E-state index contributed by atoms with van der Waals surface area (Å²) < 4.78 is 45.4. The van der Waals surface area contributed by atoms with Crippen LogP contribution in [0.1, 0.15) is 15.9 Å². The minimum Gasteiger partial charge on any atom is -0.504 e. The molecule has 0 amide bonds. The van der Waals surface area contributed by atoms with Crippen molar-refractivity contribution in [1.29, 1.82) is 0 Å². The van der Waals surface area contributed by atoms with Gasteiger partial charge in [0.25, 0.3) is 0 Å². The predicted octanol–water partition coefficient (Wildman–Crippen LogP) is 5.07. The number of aromatic hydroxyl groups is 2. The Labute approximate surface area is 173 Å². The van der Waals surface area contributed by atoms with Crippen molar-refractivity contribution < 1.29 is 32.9 Å². The van der Waals surface area contributed by atoms with Crippen molar-refractivity contribution in [3.8, 4) is 17.2 Å². The number of halogens is 4. The lowest BCUT2D eigenvalue weighted by Crippen LogP contribution is -2.08. The minimum absolute atomic E-state index is 0. The highest BCUT2D eigenvalue weighted by Gasteiger charge is 2.33. The standard InChI is InChI=1S/C19H14F3NO4S.ClH/c1-27-11-3-4-12-13(19(20,21)22)8-18(23-14(12)7-11)28-9-17(26)10-2-5-15(24)16(25)6-10;/h2-8,24-25H,9H2,1H3;1H. The van der Waals surface area contributed by atoms with Gasteiger partial charge in [-0.2, -0.15) is 13.2 Å². The van der Waals surface area contributed by atoms with Crippen LogP contribution in [-0.4, -0.2) is 33.8 Å². The van der Waals surface area contributed by atoms with Crippen molar-refractivity contribution in [2.24, 2.45) is 0 Å². The van der Waals surface area contributed by atoms with Gasteiger partial charge in [-0.15, -0.1) is 12.4 Å². The Morgan fingerprint density at radius 3 is 2.45 bits per heavy atom.